The summed E-state index contributed by atoms with van der Waals surface area (Å²) in [4.78, 5) is 25.6. The maximum Gasteiger partial charge on any atom is 0.258 e. The van der Waals surface area contributed by atoms with Gasteiger partial charge in [0.05, 0.1) is 6.07 Å². The fourth-order valence-corrected chi connectivity index (χ4v) is 2.84. The predicted octanol–water partition coefficient (Wildman–Crippen LogP) is 2.31. The Kier molecular flexibility index (Phi) is 3.25. The topological polar surface area (TPSA) is 61.2 Å². The molecule has 0 atom stereocenters. The summed E-state index contributed by atoms with van der Waals surface area (Å²) < 4.78 is 0. The second-order valence-electron chi connectivity index (χ2n) is 5.25. The number of imide groups is 1. The lowest BCUT2D eigenvalue weighted by molar-refractivity contribution is -0.143. The molecular formula is C14H18N2O2. The van der Waals surface area contributed by atoms with E-state index in [1.807, 2.05) is 0 Å². The highest BCUT2D eigenvalue weighted by atomic mass is 16.2. The first-order valence-electron chi connectivity index (χ1n) is 6.51. The summed E-state index contributed by atoms with van der Waals surface area (Å²) in [7, 11) is 0. The van der Waals surface area contributed by atoms with E-state index in [1.165, 1.54) is 4.90 Å². The molecule has 0 aromatic heterocycles. The van der Waals surface area contributed by atoms with Crippen LogP contribution >= 0.6 is 0 Å². The molecule has 0 radical (unpaired) electrons. The number of rotatable bonds is 1. The summed E-state index contributed by atoms with van der Waals surface area (Å²) >= 11 is 0. The van der Waals surface area contributed by atoms with Crippen LogP contribution in [-0.2, 0) is 9.59 Å². The van der Waals surface area contributed by atoms with E-state index in [0.29, 0.717) is 24.0 Å². The lowest BCUT2D eigenvalue weighted by atomic mass is 9.89. The number of hydrogen-bond donors (Lipinski definition) is 0. The first-order chi connectivity index (χ1) is 8.53. The smallest absolute Gasteiger partial charge is 0.258 e. The van der Waals surface area contributed by atoms with Crippen molar-refractivity contribution in [2.24, 2.45) is 0 Å². The number of carbonyl (C=O) groups excluding carboxylic acids is 2. The largest absolute Gasteiger partial charge is 0.269 e. The minimum atomic E-state index is -0.913. The summed E-state index contributed by atoms with van der Waals surface area (Å²) in [5.74, 6) is -0.554. The summed E-state index contributed by atoms with van der Waals surface area (Å²) in [6.45, 7) is 3.33. The second kappa shape index (κ2) is 4.56. The Hall–Kier alpha value is -1.63. The van der Waals surface area contributed by atoms with Gasteiger partial charge in [-0.05, 0) is 26.7 Å². The van der Waals surface area contributed by atoms with Crippen LogP contribution in [0.5, 0.6) is 0 Å². The van der Waals surface area contributed by atoms with Crippen molar-refractivity contribution in [2.45, 2.75) is 57.9 Å². The van der Waals surface area contributed by atoms with E-state index in [9.17, 15) is 14.9 Å². The van der Waals surface area contributed by atoms with Gasteiger partial charge in [-0.15, -0.1) is 0 Å². The van der Waals surface area contributed by atoms with E-state index in [0.717, 1.165) is 25.7 Å². The Labute approximate surface area is 107 Å². The minimum absolute atomic E-state index is 0.277. The fourth-order valence-electron chi connectivity index (χ4n) is 2.84. The molecule has 4 heteroatoms. The number of hydrogen-bond acceptors (Lipinski definition) is 3. The average molecular weight is 246 g/mol. The molecule has 0 saturated heterocycles. The molecule has 18 heavy (non-hydrogen) atoms. The van der Waals surface area contributed by atoms with Gasteiger partial charge < -0.3 is 0 Å². The highest BCUT2D eigenvalue weighted by Crippen LogP contribution is 2.37. The molecule has 1 aliphatic heterocycles. The van der Waals surface area contributed by atoms with Crippen molar-refractivity contribution in [3.05, 3.63) is 11.1 Å². The average Bonchev–Trinajstić information content (AvgIpc) is 2.59. The van der Waals surface area contributed by atoms with Gasteiger partial charge in [0, 0.05) is 11.1 Å². The summed E-state index contributed by atoms with van der Waals surface area (Å²) in [5, 5.41) is 9.52. The molecule has 1 aliphatic carbocycles. The monoisotopic (exact) mass is 246 g/mol. The van der Waals surface area contributed by atoms with Crippen LogP contribution < -0.4 is 0 Å². The molecule has 1 fully saturated rings. The van der Waals surface area contributed by atoms with Gasteiger partial charge >= 0.3 is 0 Å². The molecule has 0 N–H and O–H groups in total. The van der Waals surface area contributed by atoms with Gasteiger partial charge in [0.25, 0.3) is 11.8 Å². The van der Waals surface area contributed by atoms with Crippen molar-refractivity contribution >= 4 is 11.8 Å². The Morgan fingerprint density at radius 2 is 1.44 bits per heavy atom. The van der Waals surface area contributed by atoms with Gasteiger partial charge in [-0.1, -0.05) is 25.7 Å². The Morgan fingerprint density at radius 3 is 1.83 bits per heavy atom. The second-order valence-corrected chi connectivity index (χ2v) is 5.25. The molecular weight excluding hydrogens is 228 g/mol. The SMILES string of the molecule is CC1=C(C)C(=O)N(C2(C#N)CCCCCC2)C1=O. The van der Waals surface area contributed by atoms with Gasteiger partial charge in [0.1, 0.15) is 5.54 Å². The van der Waals surface area contributed by atoms with E-state index in [2.05, 4.69) is 6.07 Å². The van der Waals surface area contributed by atoms with Gasteiger partial charge in [-0.3, -0.25) is 14.5 Å². The third kappa shape index (κ3) is 1.74. The van der Waals surface area contributed by atoms with Crippen molar-refractivity contribution in [1.29, 1.82) is 5.26 Å². The van der Waals surface area contributed by atoms with Gasteiger partial charge in [-0.25, -0.2) is 0 Å². The lowest BCUT2D eigenvalue weighted by Crippen LogP contribution is -2.51. The van der Waals surface area contributed by atoms with E-state index < -0.39 is 5.54 Å². The molecule has 96 valence electrons. The zero-order valence-corrected chi connectivity index (χ0v) is 11.0. The Bertz CT molecular complexity index is 439. The molecule has 0 unspecified atom stereocenters. The number of amides is 2. The molecule has 0 aromatic rings. The number of carbonyl (C=O) groups is 2. The zero-order valence-electron chi connectivity index (χ0n) is 11.0. The van der Waals surface area contributed by atoms with Crippen LogP contribution in [0.25, 0.3) is 0 Å². The quantitative estimate of drug-likeness (QED) is 0.527. The van der Waals surface area contributed by atoms with Crippen molar-refractivity contribution in [3.8, 4) is 6.07 Å². The molecule has 2 aliphatic rings. The third-order valence-electron chi connectivity index (χ3n) is 4.18. The molecule has 0 spiro atoms. The van der Waals surface area contributed by atoms with Crippen LogP contribution in [0.1, 0.15) is 52.4 Å². The molecule has 0 bridgehead atoms. The Morgan fingerprint density at radius 1 is 1.00 bits per heavy atom. The lowest BCUT2D eigenvalue weighted by Gasteiger charge is -2.34. The van der Waals surface area contributed by atoms with Crippen LogP contribution in [0.3, 0.4) is 0 Å². The van der Waals surface area contributed by atoms with Crippen LogP contribution in [0, 0.1) is 11.3 Å². The van der Waals surface area contributed by atoms with Crippen molar-refractivity contribution < 1.29 is 9.59 Å². The third-order valence-corrected chi connectivity index (χ3v) is 4.18. The Balaban J connectivity index is 2.38. The molecule has 2 rings (SSSR count). The van der Waals surface area contributed by atoms with Crippen molar-refractivity contribution in [3.63, 3.8) is 0 Å². The van der Waals surface area contributed by atoms with Crippen LogP contribution in [-0.4, -0.2) is 22.3 Å². The highest BCUT2D eigenvalue weighted by Gasteiger charge is 2.48. The highest BCUT2D eigenvalue weighted by molar-refractivity contribution is 6.19. The van der Waals surface area contributed by atoms with Crippen LogP contribution in [0.15, 0.2) is 11.1 Å². The summed E-state index contributed by atoms with van der Waals surface area (Å²) in [6.07, 6.45) is 5.19. The van der Waals surface area contributed by atoms with E-state index in [4.69, 9.17) is 0 Å². The van der Waals surface area contributed by atoms with Crippen LogP contribution in [0.2, 0.25) is 0 Å². The fraction of sp³-hybridized carbons (Fsp3) is 0.643. The van der Waals surface area contributed by atoms with Crippen molar-refractivity contribution in [1.82, 2.24) is 4.90 Å². The molecule has 2 amide bonds. The first kappa shape index (κ1) is 12.8. The minimum Gasteiger partial charge on any atom is -0.269 e. The predicted molar refractivity (Wildman–Crippen MR) is 66.3 cm³/mol. The number of nitrogens with zero attached hydrogens (tertiary/aromatic N) is 2. The summed E-state index contributed by atoms with van der Waals surface area (Å²) in [6, 6.07) is 2.26. The molecule has 1 heterocycles. The maximum absolute atomic E-state index is 12.2. The van der Waals surface area contributed by atoms with E-state index in [1.54, 1.807) is 13.8 Å². The summed E-state index contributed by atoms with van der Waals surface area (Å²) in [5.41, 5.74) is 0.0571. The number of nitriles is 1. The maximum atomic E-state index is 12.2. The van der Waals surface area contributed by atoms with E-state index >= 15 is 0 Å². The van der Waals surface area contributed by atoms with Gasteiger partial charge in [0.15, 0.2) is 0 Å². The molecule has 1 saturated carbocycles. The van der Waals surface area contributed by atoms with Gasteiger partial charge in [-0.2, -0.15) is 5.26 Å². The van der Waals surface area contributed by atoms with Gasteiger partial charge in [0.2, 0.25) is 0 Å². The molecule has 0 aromatic carbocycles. The van der Waals surface area contributed by atoms with E-state index in [-0.39, 0.29) is 11.8 Å². The first-order valence-corrected chi connectivity index (χ1v) is 6.51. The van der Waals surface area contributed by atoms with Crippen molar-refractivity contribution in [2.75, 3.05) is 0 Å². The molecule has 4 nitrogen and oxygen atoms in total. The standard InChI is InChI=1S/C14H18N2O2/c1-10-11(2)13(18)16(12(10)17)14(9-15)7-5-3-4-6-8-14/h3-8H2,1-2H3. The van der Waals surface area contributed by atoms with Crippen LogP contribution in [0.4, 0.5) is 0 Å². The normalized spacial score (nSPS) is 24.2. The zero-order chi connectivity index (χ0) is 13.3.